The standard InChI is InChI=1S/C27H26N4O4/c1-30(2)21-13-11-20(12-14-21)28-25(32)18-35-27(33)24-17-31(22-7-5-4-6-8-22)29-26(24)19-9-15-23(34-3)16-10-19/h4-17H,18H2,1-3H3,(H,28,32). The number of esters is 1. The van der Waals surface area contributed by atoms with E-state index in [1.54, 1.807) is 42.3 Å². The number of benzene rings is 3. The SMILES string of the molecule is COc1ccc(-c2nn(-c3ccccc3)cc2C(=O)OCC(=O)Nc2ccc(N(C)C)cc2)cc1. The van der Waals surface area contributed by atoms with E-state index in [9.17, 15) is 9.59 Å². The average molecular weight is 471 g/mol. The normalized spacial score (nSPS) is 10.5. The zero-order valence-corrected chi connectivity index (χ0v) is 19.8. The summed E-state index contributed by atoms with van der Waals surface area (Å²) >= 11 is 0. The number of nitrogens with zero attached hydrogens (tertiary/aromatic N) is 3. The monoisotopic (exact) mass is 470 g/mol. The van der Waals surface area contributed by atoms with Gasteiger partial charge in [0, 0.05) is 37.2 Å². The van der Waals surface area contributed by atoms with Crippen LogP contribution in [0.4, 0.5) is 11.4 Å². The Morgan fingerprint density at radius 1 is 0.943 bits per heavy atom. The first-order valence-electron chi connectivity index (χ1n) is 11.0. The Hall–Kier alpha value is -4.59. The molecule has 178 valence electrons. The molecule has 1 heterocycles. The van der Waals surface area contributed by atoms with E-state index in [1.165, 1.54) is 0 Å². The second-order valence-electron chi connectivity index (χ2n) is 7.97. The number of rotatable bonds is 8. The number of methoxy groups -OCH3 is 1. The van der Waals surface area contributed by atoms with Crippen LogP contribution in [0, 0.1) is 0 Å². The number of hydrogen-bond acceptors (Lipinski definition) is 6. The summed E-state index contributed by atoms with van der Waals surface area (Å²) in [6, 6.07) is 24.0. The van der Waals surface area contributed by atoms with E-state index in [1.807, 2.05) is 73.6 Å². The number of amides is 1. The van der Waals surface area contributed by atoms with Gasteiger partial charge in [-0.15, -0.1) is 0 Å². The van der Waals surface area contributed by atoms with Gasteiger partial charge in [0.1, 0.15) is 17.0 Å². The minimum absolute atomic E-state index is 0.252. The molecule has 8 nitrogen and oxygen atoms in total. The number of aromatic nitrogens is 2. The van der Waals surface area contributed by atoms with Crippen LogP contribution in [-0.4, -0.2) is 49.5 Å². The predicted octanol–water partition coefficient (Wildman–Crippen LogP) is 4.41. The third kappa shape index (κ3) is 5.67. The van der Waals surface area contributed by atoms with Gasteiger partial charge in [-0.2, -0.15) is 5.10 Å². The first kappa shape index (κ1) is 23.6. The summed E-state index contributed by atoms with van der Waals surface area (Å²) in [5, 5.41) is 7.35. The van der Waals surface area contributed by atoms with Crippen molar-refractivity contribution in [3.8, 4) is 22.7 Å². The quantitative estimate of drug-likeness (QED) is 0.384. The molecule has 0 aliphatic heterocycles. The fourth-order valence-electron chi connectivity index (χ4n) is 3.45. The third-order valence-electron chi connectivity index (χ3n) is 5.32. The highest BCUT2D eigenvalue weighted by molar-refractivity contribution is 5.99. The smallest absolute Gasteiger partial charge is 0.342 e. The van der Waals surface area contributed by atoms with Crippen LogP contribution in [0.1, 0.15) is 10.4 Å². The van der Waals surface area contributed by atoms with Crippen molar-refractivity contribution in [2.45, 2.75) is 0 Å². The fraction of sp³-hybridized carbons (Fsp3) is 0.148. The average Bonchev–Trinajstić information content (AvgIpc) is 3.34. The molecule has 0 bridgehead atoms. The van der Waals surface area contributed by atoms with E-state index in [0.29, 0.717) is 17.1 Å². The van der Waals surface area contributed by atoms with Gasteiger partial charge >= 0.3 is 5.97 Å². The van der Waals surface area contributed by atoms with Crippen molar-refractivity contribution in [2.75, 3.05) is 38.0 Å². The van der Waals surface area contributed by atoms with Crippen LogP contribution >= 0.6 is 0 Å². The van der Waals surface area contributed by atoms with Crippen LogP contribution in [-0.2, 0) is 9.53 Å². The van der Waals surface area contributed by atoms with Gasteiger partial charge in [0.25, 0.3) is 5.91 Å². The Kier molecular flexibility index (Phi) is 7.11. The largest absolute Gasteiger partial charge is 0.497 e. The van der Waals surface area contributed by atoms with Crippen LogP contribution in [0.3, 0.4) is 0 Å². The van der Waals surface area contributed by atoms with E-state index in [4.69, 9.17) is 9.47 Å². The fourth-order valence-corrected chi connectivity index (χ4v) is 3.45. The van der Waals surface area contributed by atoms with Crippen molar-refractivity contribution < 1.29 is 19.1 Å². The zero-order chi connectivity index (χ0) is 24.8. The van der Waals surface area contributed by atoms with Gasteiger partial charge in [-0.25, -0.2) is 9.48 Å². The second-order valence-corrected chi connectivity index (χ2v) is 7.97. The van der Waals surface area contributed by atoms with Crippen molar-refractivity contribution in [2.24, 2.45) is 0 Å². The van der Waals surface area contributed by atoms with Gasteiger partial charge in [0.05, 0.1) is 12.8 Å². The minimum atomic E-state index is -0.642. The highest BCUT2D eigenvalue weighted by Gasteiger charge is 2.21. The summed E-state index contributed by atoms with van der Waals surface area (Å²) in [4.78, 5) is 27.3. The van der Waals surface area contributed by atoms with Crippen molar-refractivity contribution >= 4 is 23.3 Å². The molecule has 0 saturated carbocycles. The summed E-state index contributed by atoms with van der Waals surface area (Å²) in [5.74, 6) is -0.385. The van der Waals surface area contributed by atoms with E-state index in [0.717, 1.165) is 16.9 Å². The number of nitrogens with one attached hydrogen (secondary N) is 1. The Bertz CT molecular complexity index is 1300. The molecule has 3 aromatic carbocycles. The number of carbonyl (C=O) groups excluding carboxylic acids is 2. The molecule has 0 atom stereocenters. The number of para-hydroxylation sites is 1. The van der Waals surface area contributed by atoms with Crippen molar-refractivity contribution in [1.29, 1.82) is 0 Å². The van der Waals surface area contributed by atoms with E-state index >= 15 is 0 Å². The maximum absolute atomic E-state index is 13.0. The molecule has 0 aliphatic rings. The predicted molar refractivity (Wildman–Crippen MR) is 135 cm³/mol. The van der Waals surface area contributed by atoms with Crippen LogP contribution in [0.15, 0.2) is 85.1 Å². The minimum Gasteiger partial charge on any atom is -0.497 e. The number of anilines is 2. The number of hydrogen-bond donors (Lipinski definition) is 1. The summed E-state index contributed by atoms with van der Waals surface area (Å²) in [5.41, 5.74) is 3.84. The molecule has 4 rings (SSSR count). The van der Waals surface area contributed by atoms with Crippen molar-refractivity contribution in [3.05, 3.63) is 90.6 Å². The lowest BCUT2D eigenvalue weighted by atomic mass is 10.1. The van der Waals surface area contributed by atoms with E-state index < -0.39 is 18.5 Å². The van der Waals surface area contributed by atoms with Crippen LogP contribution < -0.4 is 15.0 Å². The molecule has 1 amide bonds. The number of carbonyl (C=O) groups is 2. The second kappa shape index (κ2) is 10.6. The molecule has 0 spiro atoms. The maximum atomic E-state index is 13.0. The van der Waals surface area contributed by atoms with Crippen LogP contribution in [0.2, 0.25) is 0 Å². The molecule has 8 heteroatoms. The molecular weight excluding hydrogens is 444 g/mol. The molecule has 0 unspecified atom stereocenters. The van der Waals surface area contributed by atoms with Crippen molar-refractivity contribution in [1.82, 2.24) is 9.78 Å². The van der Waals surface area contributed by atoms with Gasteiger partial charge in [0.15, 0.2) is 6.61 Å². The lowest BCUT2D eigenvalue weighted by Crippen LogP contribution is -2.21. The third-order valence-corrected chi connectivity index (χ3v) is 5.32. The summed E-state index contributed by atoms with van der Waals surface area (Å²) in [6.45, 7) is -0.424. The molecule has 4 aromatic rings. The van der Waals surface area contributed by atoms with Gasteiger partial charge in [0.2, 0.25) is 0 Å². The van der Waals surface area contributed by atoms with Gasteiger partial charge < -0.3 is 19.7 Å². The van der Waals surface area contributed by atoms with Crippen LogP contribution in [0.25, 0.3) is 16.9 Å². The maximum Gasteiger partial charge on any atom is 0.342 e. The topological polar surface area (TPSA) is 85.7 Å². The summed E-state index contributed by atoms with van der Waals surface area (Å²) in [6.07, 6.45) is 1.61. The summed E-state index contributed by atoms with van der Waals surface area (Å²) in [7, 11) is 5.46. The summed E-state index contributed by atoms with van der Waals surface area (Å²) < 4.78 is 12.2. The van der Waals surface area contributed by atoms with Gasteiger partial charge in [-0.05, 0) is 60.7 Å². The Morgan fingerprint density at radius 3 is 2.26 bits per heavy atom. The van der Waals surface area contributed by atoms with E-state index in [-0.39, 0.29) is 5.56 Å². The van der Waals surface area contributed by atoms with Crippen molar-refractivity contribution in [3.63, 3.8) is 0 Å². The van der Waals surface area contributed by atoms with Gasteiger partial charge in [-0.3, -0.25) is 4.79 Å². The molecule has 35 heavy (non-hydrogen) atoms. The molecule has 0 aliphatic carbocycles. The molecule has 0 fully saturated rings. The van der Waals surface area contributed by atoms with E-state index in [2.05, 4.69) is 10.4 Å². The zero-order valence-electron chi connectivity index (χ0n) is 19.8. The van der Waals surface area contributed by atoms with Crippen LogP contribution in [0.5, 0.6) is 5.75 Å². The molecule has 1 N–H and O–H groups in total. The van der Waals surface area contributed by atoms with Gasteiger partial charge in [-0.1, -0.05) is 18.2 Å². The lowest BCUT2D eigenvalue weighted by molar-refractivity contribution is -0.119. The molecule has 0 saturated heterocycles. The molecule has 0 radical (unpaired) electrons. The molecular formula is C27H26N4O4. The Morgan fingerprint density at radius 2 is 1.63 bits per heavy atom. The Labute approximate surface area is 203 Å². The lowest BCUT2D eigenvalue weighted by Gasteiger charge is -2.13. The highest BCUT2D eigenvalue weighted by atomic mass is 16.5. The highest BCUT2D eigenvalue weighted by Crippen LogP contribution is 2.26. The first-order chi connectivity index (χ1) is 16.9. The Balaban J connectivity index is 1.51. The first-order valence-corrected chi connectivity index (χ1v) is 11.0. The number of ether oxygens (including phenoxy) is 2. The molecule has 1 aromatic heterocycles.